The molecule has 2 rings (SSSR count). The predicted octanol–water partition coefficient (Wildman–Crippen LogP) is 4.46. The number of rotatable bonds is 5. The van der Waals surface area contributed by atoms with Gasteiger partial charge in [-0.25, -0.2) is 4.79 Å². The average Bonchev–Trinajstić information content (AvgIpc) is 2.40. The van der Waals surface area contributed by atoms with Gasteiger partial charge < -0.3 is 10.4 Å². The summed E-state index contributed by atoms with van der Waals surface area (Å²) in [6.07, 6.45) is 0.794. The SMILES string of the molecule is O=C(O)c1c(Br)cccc1NCCc1ccc(Cl)cc1. The van der Waals surface area contributed by atoms with Gasteiger partial charge in [0.25, 0.3) is 0 Å². The molecule has 5 heteroatoms. The normalized spacial score (nSPS) is 10.3. The third kappa shape index (κ3) is 3.74. The van der Waals surface area contributed by atoms with Gasteiger partial charge in [0, 0.05) is 21.7 Å². The van der Waals surface area contributed by atoms with Crippen molar-refractivity contribution in [1.29, 1.82) is 0 Å². The van der Waals surface area contributed by atoms with Crippen LogP contribution in [0.3, 0.4) is 0 Å². The molecule has 0 saturated carbocycles. The van der Waals surface area contributed by atoms with Crippen LogP contribution in [0.5, 0.6) is 0 Å². The van der Waals surface area contributed by atoms with Crippen molar-refractivity contribution in [1.82, 2.24) is 0 Å². The molecule has 0 aromatic heterocycles. The number of anilines is 1. The molecule has 0 amide bonds. The summed E-state index contributed by atoms with van der Waals surface area (Å²) >= 11 is 9.09. The molecule has 0 heterocycles. The molecule has 0 fully saturated rings. The Bertz CT molecular complexity index is 614. The average molecular weight is 355 g/mol. The Balaban J connectivity index is 2.02. The van der Waals surface area contributed by atoms with Gasteiger partial charge in [-0.1, -0.05) is 29.8 Å². The van der Waals surface area contributed by atoms with Gasteiger partial charge in [-0.3, -0.25) is 0 Å². The standard InChI is InChI=1S/C15H13BrClNO2/c16-12-2-1-3-13(14(12)15(19)20)18-9-8-10-4-6-11(17)7-5-10/h1-7,18H,8-9H2,(H,19,20). The minimum absolute atomic E-state index is 0.253. The number of carboxylic acid groups (broad SMARTS) is 1. The fourth-order valence-corrected chi connectivity index (χ4v) is 2.54. The molecule has 0 aliphatic carbocycles. The van der Waals surface area contributed by atoms with E-state index >= 15 is 0 Å². The first-order valence-electron chi connectivity index (χ1n) is 6.08. The lowest BCUT2D eigenvalue weighted by molar-refractivity contribution is 0.0697. The van der Waals surface area contributed by atoms with Crippen molar-refractivity contribution < 1.29 is 9.90 Å². The topological polar surface area (TPSA) is 49.3 Å². The molecular formula is C15H13BrClNO2. The van der Waals surface area contributed by atoms with Crippen LogP contribution in [0.15, 0.2) is 46.9 Å². The van der Waals surface area contributed by atoms with Crippen LogP contribution in [0, 0.1) is 0 Å². The summed E-state index contributed by atoms with van der Waals surface area (Å²) in [5.74, 6) is -0.952. The summed E-state index contributed by atoms with van der Waals surface area (Å²) in [6, 6.07) is 12.9. The predicted molar refractivity (Wildman–Crippen MR) is 84.7 cm³/mol. The number of benzene rings is 2. The first kappa shape index (κ1) is 14.9. The first-order valence-corrected chi connectivity index (χ1v) is 7.25. The number of carboxylic acids is 1. The van der Waals surface area contributed by atoms with Crippen LogP contribution in [-0.4, -0.2) is 17.6 Å². The molecule has 20 heavy (non-hydrogen) atoms. The van der Waals surface area contributed by atoms with Crippen LogP contribution < -0.4 is 5.32 Å². The number of nitrogens with one attached hydrogen (secondary N) is 1. The molecule has 0 aliphatic heterocycles. The molecule has 2 aromatic carbocycles. The summed E-state index contributed by atoms with van der Waals surface area (Å²) in [5.41, 5.74) is 2.01. The summed E-state index contributed by atoms with van der Waals surface area (Å²) in [4.78, 5) is 11.2. The Morgan fingerprint density at radius 2 is 1.90 bits per heavy atom. The third-order valence-corrected chi connectivity index (χ3v) is 3.78. The lowest BCUT2D eigenvalue weighted by atomic mass is 10.1. The molecule has 0 radical (unpaired) electrons. The highest BCUT2D eigenvalue weighted by atomic mass is 79.9. The van der Waals surface area contributed by atoms with Gasteiger partial charge in [-0.05, 0) is 52.2 Å². The maximum Gasteiger partial charge on any atom is 0.338 e. The van der Waals surface area contributed by atoms with E-state index < -0.39 is 5.97 Å². The summed E-state index contributed by atoms with van der Waals surface area (Å²) in [6.45, 7) is 0.651. The zero-order chi connectivity index (χ0) is 14.5. The molecule has 0 saturated heterocycles. The fraction of sp³-hybridized carbons (Fsp3) is 0.133. The van der Waals surface area contributed by atoms with Crippen molar-refractivity contribution in [3.05, 3.63) is 63.1 Å². The van der Waals surface area contributed by atoms with Gasteiger partial charge >= 0.3 is 5.97 Å². The van der Waals surface area contributed by atoms with Crippen molar-refractivity contribution in [3.63, 3.8) is 0 Å². The molecular weight excluding hydrogens is 342 g/mol. The first-order chi connectivity index (χ1) is 9.58. The van der Waals surface area contributed by atoms with Crippen molar-refractivity contribution in [2.24, 2.45) is 0 Å². The van der Waals surface area contributed by atoms with E-state index in [0.717, 1.165) is 12.0 Å². The Labute approximate surface area is 130 Å². The zero-order valence-electron chi connectivity index (χ0n) is 10.6. The minimum atomic E-state index is -0.952. The van der Waals surface area contributed by atoms with Gasteiger partial charge in [-0.2, -0.15) is 0 Å². The molecule has 2 N–H and O–H groups in total. The number of aromatic carboxylic acids is 1. The monoisotopic (exact) mass is 353 g/mol. The largest absolute Gasteiger partial charge is 0.478 e. The maximum atomic E-state index is 11.2. The van der Waals surface area contributed by atoms with E-state index in [2.05, 4.69) is 21.2 Å². The van der Waals surface area contributed by atoms with Crippen LogP contribution in [-0.2, 0) is 6.42 Å². The number of halogens is 2. The van der Waals surface area contributed by atoms with Gasteiger partial charge in [0.05, 0.1) is 5.56 Å². The van der Waals surface area contributed by atoms with E-state index in [1.54, 1.807) is 18.2 Å². The van der Waals surface area contributed by atoms with Gasteiger partial charge in [0.15, 0.2) is 0 Å². The van der Waals surface area contributed by atoms with E-state index in [9.17, 15) is 9.90 Å². The molecule has 0 spiro atoms. The van der Waals surface area contributed by atoms with E-state index in [-0.39, 0.29) is 5.56 Å². The number of hydrogen-bond donors (Lipinski definition) is 2. The highest BCUT2D eigenvalue weighted by Crippen LogP contribution is 2.24. The van der Waals surface area contributed by atoms with Crippen molar-refractivity contribution in [3.8, 4) is 0 Å². The van der Waals surface area contributed by atoms with Crippen LogP contribution >= 0.6 is 27.5 Å². The second-order valence-corrected chi connectivity index (χ2v) is 5.56. The summed E-state index contributed by atoms with van der Waals surface area (Å²) in [5, 5.41) is 13.1. The second kappa shape index (κ2) is 6.77. The molecule has 0 bridgehead atoms. The fourth-order valence-electron chi connectivity index (χ4n) is 1.88. The van der Waals surface area contributed by atoms with Crippen molar-refractivity contribution in [2.75, 3.05) is 11.9 Å². The Morgan fingerprint density at radius 3 is 2.55 bits per heavy atom. The van der Waals surface area contributed by atoms with Gasteiger partial charge in [0.1, 0.15) is 0 Å². The molecule has 3 nitrogen and oxygen atoms in total. The summed E-state index contributed by atoms with van der Waals surface area (Å²) in [7, 11) is 0. The molecule has 0 unspecified atom stereocenters. The minimum Gasteiger partial charge on any atom is -0.478 e. The van der Waals surface area contributed by atoms with E-state index in [4.69, 9.17) is 11.6 Å². The quantitative estimate of drug-likeness (QED) is 0.833. The van der Waals surface area contributed by atoms with Crippen molar-refractivity contribution in [2.45, 2.75) is 6.42 Å². The Morgan fingerprint density at radius 1 is 1.20 bits per heavy atom. The Hall–Kier alpha value is -1.52. The molecule has 0 aliphatic rings. The van der Waals surface area contributed by atoms with E-state index in [1.165, 1.54) is 0 Å². The van der Waals surface area contributed by atoms with Crippen LogP contribution in [0.4, 0.5) is 5.69 Å². The van der Waals surface area contributed by atoms with Gasteiger partial charge in [-0.15, -0.1) is 0 Å². The van der Waals surface area contributed by atoms with E-state index in [1.807, 2.05) is 24.3 Å². The highest BCUT2D eigenvalue weighted by molar-refractivity contribution is 9.10. The molecule has 2 aromatic rings. The van der Waals surface area contributed by atoms with E-state index in [0.29, 0.717) is 21.7 Å². The zero-order valence-corrected chi connectivity index (χ0v) is 12.9. The lowest BCUT2D eigenvalue weighted by Gasteiger charge is -2.11. The third-order valence-electron chi connectivity index (χ3n) is 2.87. The lowest BCUT2D eigenvalue weighted by Crippen LogP contribution is -2.10. The van der Waals surface area contributed by atoms with Crippen LogP contribution in [0.1, 0.15) is 15.9 Å². The molecule has 104 valence electrons. The Kier molecular flexibility index (Phi) is 5.04. The maximum absolute atomic E-state index is 11.2. The van der Waals surface area contributed by atoms with Crippen LogP contribution in [0.2, 0.25) is 5.02 Å². The van der Waals surface area contributed by atoms with Crippen molar-refractivity contribution >= 4 is 39.2 Å². The smallest absolute Gasteiger partial charge is 0.338 e. The highest BCUT2D eigenvalue weighted by Gasteiger charge is 2.13. The van der Waals surface area contributed by atoms with Crippen LogP contribution in [0.25, 0.3) is 0 Å². The number of hydrogen-bond acceptors (Lipinski definition) is 2. The summed E-state index contributed by atoms with van der Waals surface area (Å²) < 4.78 is 0.571. The van der Waals surface area contributed by atoms with Gasteiger partial charge in [0.2, 0.25) is 0 Å². The molecule has 0 atom stereocenters. The second-order valence-electron chi connectivity index (χ2n) is 4.27. The number of carbonyl (C=O) groups is 1.